The van der Waals surface area contributed by atoms with Gasteiger partial charge in [0.15, 0.2) is 0 Å². The van der Waals surface area contributed by atoms with Crippen molar-refractivity contribution < 1.29 is 26.7 Å². The van der Waals surface area contributed by atoms with Gasteiger partial charge in [0.2, 0.25) is 0 Å². The van der Waals surface area contributed by atoms with E-state index >= 15 is 0 Å². The van der Waals surface area contributed by atoms with Crippen LogP contribution in [-0.2, 0) is 17.4 Å². The van der Waals surface area contributed by atoms with Crippen LogP contribution in [0.3, 0.4) is 0 Å². The second-order valence-electron chi connectivity index (χ2n) is 5.55. The third kappa shape index (κ3) is 4.72. The molecule has 0 saturated heterocycles. The van der Waals surface area contributed by atoms with Crippen LogP contribution in [0.1, 0.15) is 24.6 Å². The number of halogens is 7. The molecule has 0 fully saturated rings. The summed E-state index contributed by atoms with van der Waals surface area (Å²) in [5.41, 5.74) is -1.26. The van der Waals surface area contributed by atoms with E-state index in [1.54, 1.807) is 13.0 Å². The van der Waals surface area contributed by atoms with E-state index in [2.05, 4.69) is 0 Å². The number of benzene rings is 1. The van der Waals surface area contributed by atoms with Gasteiger partial charge in [0, 0.05) is 11.6 Å². The number of nitriles is 1. The van der Waals surface area contributed by atoms with Crippen molar-refractivity contribution in [1.82, 2.24) is 4.57 Å². The molecule has 1 aromatic carbocycles. The summed E-state index contributed by atoms with van der Waals surface area (Å²) in [6, 6.07) is 7.50. The van der Waals surface area contributed by atoms with Crippen molar-refractivity contribution in [1.29, 1.82) is 5.26 Å². The molecule has 0 aliphatic heterocycles. The number of ether oxygens (including phenoxy) is 1. The SMILES string of the molecule is CCOCn1c(-c2ccc(Cl)cc2)c(C#N)c(Cl)c1C(F)(F)CC(F)(F)F. The lowest BCUT2D eigenvalue weighted by Gasteiger charge is -2.22. The summed E-state index contributed by atoms with van der Waals surface area (Å²) < 4.78 is 72.9. The molecule has 0 aliphatic carbocycles. The number of rotatable bonds is 6. The fraction of sp³-hybridized carbons (Fsp3) is 0.353. The van der Waals surface area contributed by atoms with Gasteiger partial charge in [-0.05, 0) is 24.6 Å². The molecule has 10 heteroatoms. The fourth-order valence-electron chi connectivity index (χ4n) is 2.60. The van der Waals surface area contributed by atoms with Gasteiger partial charge in [-0.25, -0.2) is 0 Å². The molecule has 0 spiro atoms. The minimum absolute atomic E-state index is 0.0653. The van der Waals surface area contributed by atoms with E-state index in [4.69, 9.17) is 27.9 Å². The second kappa shape index (κ2) is 8.05. The number of hydrogen-bond donors (Lipinski definition) is 0. The summed E-state index contributed by atoms with van der Waals surface area (Å²) in [7, 11) is 0. The van der Waals surface area contributed by atoms with Crippen molar-refractivity contribution >= 4 is 23.2 Å². The molecule has 0 radical (unpaired) electrons. The fourth-order valence-corrected chi connectivity index (χ4v) is 3.10. The molecule has 0 N–H and O–H groups in total. The van der Waals surface area contributed by atoms with Gasteiger partial charge < -0.3 is 9.30 Å². The Bertz CT molecular complexity index is 854. The molecule has 0 aliphatic rings. The lowest BCUT2D eigenvalue weighted by atomic mass is 10.1. The zero-order chi connectivity index (χ0) is 20.4. The molecule has 3 nitrogen and oxygen atoms in total. The predicted molar refractivity (Wildman–Crippen MR) is 90.8 cm³/mol. The van der Waals surface area contributed by atoms with Crippen molar-refractivity contribution in [3.63, 3.8) is 0 Å². The Labute approximate surface area is 161 Å². The highest BCUT2D eigenvalue weighted by molar-refractivity contribution is 6.33. The molecule has 1 heterocycles. The maximum absolute atomic E-state index is 14.5. The predicted octanol–water partition coefficient (Wildman–Crippen LogP) is 6.37. The summed E-state index contributed by atoms with van der Waals surface area (Å²) in [5.74, 6) is -4.36. The lowest BCUT2D eigenvalue weighted by Crippen LogP contribution is -2.27. The van der Waals surface area contributed by atoms with Crippen LogP contribution in [0.15, 0.2) is 24.3 Å². The van der Waals surface area contributed by atoms with Crippen LogP contribution in [0.5, 0.6) is 0 Å². The third-order valence-corrected chi connectivity index (χ3v) is 4.25. The zero-order valence-corrected chi connectivity index (χ0v) is 15.4. The highest BCUT2D eigenvalue weighted by Crippen LogP contribution is 2.46. The lowest BCUT2D eigenvalue weighted by molar-refractivity contribution is -0.193. The van der Waals surface area contributed by atoms with Crippen LogP contribution in [0, 0.1) is 11.3 Å². The van der Waals surface area contributed by atoms with Crippen LogP contribution in [0.2, 0.25) is 10.0 Å². The normalized spacial score (nSPS) is 12.3. The molecular formula is C17H13Cl2F5N2O. The van der Waals surface area contributed by atoms with Gasteiger partial charge in [-0.3, -0.25) is 0 Å². The summed E-state index contributed by atoms with van der Waals surface area (Å²) in [6.45, 7) is 1.20. The minimum Gasteiger partial charge on any atom is -0.361 e. The molecule has 27 heavy (non-hydrogen) atoms. The van der Waals surface area contributed by atoms with Gasteiger partial charge in [-0.2, -0.15) is 27.2 Å². The molecular weight excluding hydrogens is 414 g/mol. The van der Waals surface area contributed by atoms with Crippen molar-refractivity contribution in [2.24, 2.45) is 0 Å². The van der Waals surface area contributed by atoms with Gasteiger partial charge in [0.05, 0.1) is 16.3 Å². The maximum atomic E-state index is 14.5. The van der Waals surface area contributed by atoms with Crippen molar-refractivity contribution in [2.45, 2.75) is 32.2 Å². The van der Waals surface area contributed by atoms with E-state index in [0.29, 0.717) is 5.02 Å². The molecule has 0 bridgehead atoms. The first-order valence-electron chi connectivity index (χ1n) is 7.62. The Hall–Kier alpha value is -1.82. The van der Waals surface area contributed by atoms with Crippen LogP contribution >= 0.6 is 23.2 Å². The Morgan fingerprint density at radius 1 is 1.11 bits per heavy atom. The van der Waals surface area contributed by atoms with Crippen molar-refractivity contribution in [2.75, 3.05) is 6.61 Å². The van der Waals surface area contributed by atoms with Crippen LogP contribution in [-0.4, -0.2) is 17.4 Å². The van der Waals surface area contributed by atoms with Gasteiger partial charge in [0.25, 0.3) is 5.92 Å². The van der Waals surface area contributed by atoms with E-state index in [0.717, 1.165) is 4.57 Å². The van der Waals surface area contributed by atoms with Gasteiger partial charge >= 0.3 is 6.18 Å². The molecule has 2 aromatic rings. The molecule has 146 valence electrons. The van der Waals surface area contributed by atoms with E-state index in [-0.39, 0.29) is 23.4 Å². The van der Waals surface area contributed by atoms with Crippen LogP contribution in [0.4, 0.5) is 22.0 Å². The topological polar surface area (TPSA) is 38.0 Å². The average Bonchev–Trinajstić information content (AvgIpc) is 2.83. The standard InChI is InChI=1S/C17H13Cl2F5N2O/c1-2-27-9-26-14(10-3-5-11(18)6-4-10)12(7-25)13(19)15(26)16(20,21)8-17(22,23)24/h3-6H,2,8-9H2,1H3. The summed E-state index contributed by atoms with van der Waals surface area (Å²) in [6.07, 6.45) is -7.55. The van der Waals surface area contributed by atoms with Gasteiger partial charge in [-0.1, -0.05) is 35.3 Å². The summed E-state index contributed by atoms with van der Waals surface area (Å²) in [5, 5.41) is 9.01. The molecule has 2 rings (SSSR count). The van der Waals surface area contributed by atoms with E-state index in [1.807, 2.05) is 0 Å². The Morgan fingerprint density at radius 3 is 2.19 bits per heavy atom. The van der Waals surface area contributed by atoms with Crippen LogP contribution < -0.4 is 0 Å². The summed E-state index contributed by atoms with van der Waals surface area (Å²) in [4.78, 5) is 0. The Morgan fingerprint density at radius 2 is 1.70 bits per heavy atom. The smallest absolute Gasteiger partial charge is 0.361 e. The number of nitrogens with zero attached hydrogens (tertiary/aromatic N) is 2. The van der Waals surface area contributed by atoms with E-state index in [9.17, 15) is 27.2 Å². The highest BCUT2D eigenvalue weighted by Gasteiger charge is 2.49. The first-order valence-corrected chi connectivity index (χ1v) is 8.38. The quantitative estimate of drug-likeness (QED) is 0.503. The molecule has 0 unspecified atom stereocenters. The third-order valence-electron chi connectivity index (χ3n) is 3.63. The molecule has 1 aromatic heterocycles. The molecule has 0 amide bonds. The van der Waals surface area contributed by atoms with Gasteiger partial charge in [-0.15, -0.1) is 0 Å². The van der Waals surface area contributed by atoms with Crippen molar-refractivity contribution in [3.8, 4) is 17.3 Å². The van der Waals surface area contributed by atoms with Crippen LogP contribution in [0.25, 0.3) is 11.3 Å². The van der Waals surface area contributed by atoms with Crippen molar-refractivity contribution in [3.05, 3.63) is 45.6 Å². The van der Waals surface area contributed by atoms with E-state index < -0.39 is 36.0 Å². The number of aromatic nitrogens is 1. The summed E-state index contributed by atoms with van der Waals surface area (Å²) >= 11 is 11.7. The molecule has 0 atom stereocenters. The highest BCUT2D eigenvalue weighted by atomic mass is 35.5. The first-order chi connectivity index (χ1) is 12.5. The maximum Gasteiger partial charge on any atom is 0.395 e. The average molecular weight is 427 g/mol. The molecule has 0 saturated carbocycles. The Kier molecular flexibility index (Phi) is 6.40. The monoisotopic (exact) mass is 426 g/mol. The van der Waals surface area contributed by atoms with Gasteiger partial charge in [0.1, 0.15) is 24.9 Å². The zero-order valence-electron chi connectivity index (χ0n) is 13.9. The Balaban J connectivity index is 2.77. The first kappa shape index (κ1) is 21.5. The minimum atomic E-state index is -5.14. The second-order valence-corrected chi connectivity index (χ2v) is 6.37. The number of hydrogen-bond acceptors (Lipinski definition) is 2. The largest absolute Gasteiger partial charge is 0.395 e. The van der Waals surface area contributed by atoms with E-state index in [1.165, 1.54) is 24.3 Å². The number of alkyl halides is 5.